The number of halogens is 1. The molecule has 3 aromatic carbocycles. The van der Waals surface area contributed by atoms with Gasteiger partial charge >= 0.3 is 160 Å². The van der Waals surface area contributed by atoms with Gasteiger partial charge in [-0.1, -0.05) is 0 Å². The molecule has 0 saturated heterocycles. The molecule has 128 valence electrons. The van der Waals surface area contributed by atoms with E-state index in [2.05, 4.69) is 39.1 Å². The SMILES string of the molecule is [CH3][Sn]([CH3])([CH3])[c]1cc(F)ccc1P(=S)(c1ccccc1)c1ccccc1. The molecule has 4 heteroatoms. The first-order valence-electron chi connectivity index (χ1n) is 8.35. The third-order valence-corrected chi connectivity index (χ3v) is 15.7. The molecule has 0 spiro atoms. The predicted molar refractivity (Wildman–Crippen MR) is 115 cm³/mol. The summed E-state index contributed by atoms with van der Waals surface area (Å²) in [6.45, 7) is 0. The molecule has 0 nitrogen and oxygen atoms in total. The Hall–Kier alpha value is -0.961. The maximum atomic E-state index is 14.1. The fourth-order valence-corrected chi connectivity index (χ4v) is 15.5. The van der Waals surface area contributed by atoms with Crippen molar-refractivity contribution in [3.05, 3.63) is 84.7 Å². The first kappa shape index (κ1) is 18.8. The molecule has 0 aliphatic heterocycles. The zero-order chi connectivity index (χ0) is 18.1. The van der Waals surface area contributed by atoms with Crippen LogP contribution in [-0.2, 0) is 11.8 Å². The van der Waals surface area contributed by atoms with E-state index in [1.54, 1.807) is 12.1 Å². The Balaban J connectivity index is 2.38. The van der Waals surface area contributed by atoms with Crippen LogP contribution < -0.4 is 19.5 Å². The molecule has 0 amide bonds. The van der Waals surface area contributed by atoms with Crippen molar-refractivity contribution >= 4 is 55.7 Å². The molecule has 0 radical (unpaired) electrons. The summed E-state index contributed by atoms with van der Waals surface area (Å²) >= 11 is 3.85. The zero-order valence-corrected chi connectivity index (χ0v) is 19.3. The summed E-state index contributed by atoms with van der Waals surface area (Å²) in [6.07, 6.45) is 0. The fourth-order valence-electron chi connectivity index (χ4n) is 3.09. The fraction of sp³-hybridized carbons (Fsp3) is 0.143. The Morgan fingerprint density at radius 3 is 1.68 bits per heavy atom. The van der Waals surface area contributed by atoms with Gasteiger partial charge in [0.05, 0.1) is 0 Å². The van der Waals surface area contributed by atoms with E-state index in [1.807, 2.05) is 42.5 Å². The second-order valence-electron chi connectivity index (χ2n) is 7.19. The van der Waals surface area contributed by atoms with Crippen LogP contribution in [0.4, 0.5) is 4.39 Å². The van der Waals surface area contributed by atoms with E-state index in [9.17, 15) is 4.39 Å². The molecule has 25 heavy (non-hydrogen) atoms. The summed E-state index contributed by atoms with van der Waals surface area (Å²) in [4.78, 5) is 6.97. The summed E-state index contributed by atoms with van der Waals surface area (Å²) in [7, 11) is 0. The van der Waals surface area contributed by atoms with Gasteiger partial charge in [-0.2, -0.15) is 0 Å². The molecule has 0 saturated carbocycles. The Bertz CT molecular complexity index is 874. The van der Waals surface area contributed by atoms with Crippen LogP contribution in [0.1, 0.15) is 0 Å². The first-order valence-corrected chi connectivity index (χ1v) is 21.1. The van der Waals surface area contributed by atoms with Crippen molar-refractivity contribution in [2.75, 3.05) is 0 Å². The molecule has 3 aromatic rings. The van der Waals surface area contributed by atoms with E-state index in [1.165, 1.54) is 19.5 Å². The normalized spacial score (nSPS) is 12.2. The Morgan fingerprint density at radius 1 is 0.760 bits per heavy atom. The predicted octanol–water partition coefficient (Wildman–Crippen LogP) is 4.13. The van der Waals surface area contributed by atoms with Gasteiger partial charge in [0, 0.05) is 0 Å². The van der Waals surface area contributed by atoms with Crippen molar-refractivity contribution in [2.45, 2.75) is 14.8 Å². The van der Waals surface area contributed by atoms with Crippen molar-refractivity contribution < 1.29 is 4.39 Å². The van der Waals surface area contributed by atoms with Crippen LogP contribution in [0.2, 0.25) is 14.8 Å². The molecule has 0 heterocycles. The van der Waals surface area contributed by atoms with Crippen molar-refractivity contribution in [3.8, 4) is 0 Å². The molecule has 0 aliphatic carbocycles. The maximum absolute atomic E-state index is 14.1. The van der Waals surface area contributed by atoms with E-state index < -0.39 is 24.4 Å². The van der Waals surface area contributed by atoms with Gasteiger partial charge in [0.25, 0.3) is 0 Å². The van der Waals surface area contributed by atoms with Gasteiger partial charge in [0.1, 0.15) is 0 Å². The minimum absolute atomic E-state index is 0.159. The van der Waals surface area contributed by atoms with Gasteiger partial charge in [-0.05, 0) is 0 Å². The van der Waals surface area contributed by atoms with Crippen LogP contribution >= 0.6 is 6.04 Å². The summed E-state index contributed by atoms with van der Waals surface area (Å²) < 4.78 is 15.3. The van der Waals surface area contributed by atoms with Crippen molar-refractivity contribution in [3.63, 3.8) is 0 Å². The molecule has 3 rings (SSSR count). The molecule has 0 aliphatic rings. The van der Waals surface area contributed by atoms with Crippen LogP contribution in [-0.4, -0.2) is 18.4 Å². The average molecular weight is 475 g/mol. The summed E-state index contributed by atoms with van der Waals surface area (Å²) in [5, 5.41) is 3.50. The van der Waals surface area contributed by atoms with Crippen LogP contribution in [0.5, 0.6) is 0 Å². The van der Waals surface area contributed by atoms with Gasteiger partial charge in [0.2, 0.25) is 0 Å². The average Bonchev–Trinajstić information content (AvgIpc) is 2.62. The van der Waals surface area contributed by atoms with Crippen LogP contribution in [0.3, 0.4) is 0 Å². The Labute approximate surface area is 159 Å². The molecule has 0 N–H and O–H groups in total. The van der Waals surface area contributed by atoms with Crippen LogP contribution in [0.15, 0.2) is 78.9 Å². The second kappa shape index (κ2) is 7.34. The van der Waals surface area contributed by atoms with Gasteiger partial charge in [-0.3, -0.25) is 0 Å². The standard InChI is InChI=1S/C18H13FPS.3CH3.Sn/c19-15-11-13-18(14-12-15)20(21,16-7-3-1-4-8-16)17-9-5-2-6-10-17;;;;/h1-13H;3*1H3;. The second-order valence-corrected chi connectivity index (χ2v) is 25.9. The summed E-state index contributed by atoms with van der Waals surface area (Å²) in [5.74, 6) is -0.159. The monoisotopic (exact) mass is 476 g/mol. The van der Waals surface area contributed by atoms with E-state index in [-0.39, 0.29) is 5.82 Å². The van der Waals surface area contributed by atoms with Crippen LogP contribution in [0, 0.1) is 5.82 Å². The van der Waals surface area contributed by atoms with Crippen LogP contribution in [0.25, 0.3) is 0 Å². The third-order valence-electron chi connectivity index (χ3n) is 4.35. The number of benzene rings is 3. The Kier molecular flexibility index (Phi) is 5.53. The minimum atomic E-state index is -2.57. The number of hydrogen-bond donors (Lipinski definition) is 0. The van der Waals surface area contributed by atoms with E-state index >= 15 is 0 Å². The third kappa shape index (κ3) is 3.77. The van der Waals surface area contributed by atoms with E-state index in [0.717, 1.165) is 0 Å². The van der Waals surface area contributed by atoms with Crippen molar-refractivity contribution in [1.29, 1.82) is 0 Å². The van der Waals surface area contributed by atoms with Gasteiger partial charge in [-0.15, -0.1) is 0 Å². The molecule has 0 atom stereocenters. The molecule has 0 unspecified atom stereocenters. The molecular formula is C21H22FPSSn. The Morgan fingerprint density at radius 2 is 1.24 bits per heavy atom. The van der Waals surface area contributed by atoms with Crippen molar-refractivity contribution in [1.82, 2.24) is 0 Å². The van der Waals surface area contributed by atoms with E-state index in [0.29, 0.717) is 0 Å². The molecular weight excluding hydrogens is 453 g/mol. The molecule has 0 aromatic heterocycles. The summed E-state index contributed by atoms with van der Waals surface area (Å²) in [5.41, 5.74) is 0. The zero-order valence-electron chi connectivity index (χ0n) is 14.7. The van der Waals surface area contributed by atoms with E-state index in [4.69, 9.17) is 11.8 Å². The number of rotatable bonds is 4. The summed E-state index contributed by atoms with van der Waals surface area (Å²) in [6, 6.07) is 23.8. The first-order chi connectivity index (χ1) is 11.8. The quantitative estimate of drug-likeness (QED) is 0.404. The molecule has 0 bridgehead atoms. The van der Waals surface area contributed by atoms with Gasteiger partial charge < -0.3 is 0 Å². The van der Waals surface area contributed by atoms with Crippen molar-refractivity contribution in [2.24, 2.45) is 0 Å². The van der Waals surface area contributed by atoms with Gasteiger partial charge in [0.15, 0.2) is 0 Å². The molecule has 0 fully saturated rings. The number of hydrogen-bond acceptors (Lipinski definition) is 1. The van der Waals surface area contributed by atoms with Gasteiger partial charge in [-0.25, -0.2) is 0 Å². The topological polar surface area (TPSA) is 0 Å².